The normalized spacial score (nSPS) is 20.8. The molecular formula is C14H22N2O. The van der Waals surface area contributed by atoms with Gasteiger partial charge in [-0.1, -0.05) is 6.07 Å². The molecule has 0 aromatic heterocycles. The number of benzene rings is 1. The first-order valence-electron chi connectivity index (χ1n) is 6.35. The van der Waals surface area contributed by atoms with E-state index in [1.807, 2.05) is 13.0 Å². The van der Waals surface area contributed by atoms with E-state index in [9.17, 15) is 5.11 Å². The van der Waals surface area contributed by atoms with Crippen LogP contribution in [0.4, 0.5) is 5.69 Å². The van der Waals surface area contributed by atoms with Gasteiger partial charge in [0, 0.05) is 29.4 Å². The lowest BCUT2D eigenvalue weighted by molar-refractivity contribution is 0.463. The summed E-state index contributed by atoms with van der Waals surface area (Å²) in [6.07, 6.45) is 1.87. The quantitative estimate of drug-likeness (QED) is 0.843. The van der Waals surface area contributed by atoms with Crippen molar-refractivity contribution in [2.45, 2.75) is 51.7 Å². The molecule has 2 atom stereocenters. The van der Waals surface area contributed by atoms with Crippen molar-refractivity contribution in [3.8, 4) is 5.75 Å². The monoisotopic (exact) mass is 234 g/mol. The number of phenols is 1. The van der Waals surface area contributed by atoms with Gasteiger partial charge in [-0.3, -0.25) is 0 Å². The molecule has 1 aromatic rings. The average molecular weight is 234 g/mol. The molecule has 1 aromatic carbocycles. The molecule has 0 fully saturated rings. The number of anilines is 1. The highest BCUT2D eigenvalue weighted by Crippen LogP contribution is 2.39. The standard InChI is InChI=1S/C14H22N2O/c1-9(2)16-11(7-10(3)15)8-12-13(16)5-4-6-14(12)17/h4-6,9-11,17H,7-8,15H2,1-3H3. The Morgan fingerprint density at radius 1 is 1.41 bits per heavy atom. The summed E-state index contributed by atoms with van der Waals surface area (Å²) in [4.78, 5) is 2.39. The van der Waals surface area contributed by atoms with Crippen LogP contribution in [0.3, 0.4) is 0 Å². The summed E-state index contributed by atoms with van der Waals surface area (Å²) in [5.74, 6) is 0.417. The fourth-order valence-electron chi connectivity index (χ4n) is 2.87. The first kappa shape index (κ1) is 12.2. The Hall–Kier alpha value is -1.22. The molecule has 2 unspecified atom stereocenters. The van der Waals surface area contributed by atoms with Crippen LogP contribution in [0.1, 0.15) is 32.8 Å². The molecule has 1 heterocycles. The molecule has 0 spiro atoms. The number of phenolic OH excluding ortho intramolecular Hbond substituents is 1. The maximum absolute atomic E-state index is 9.92. The van der Waals surface area contributed by atoms with E-state index >= 15 is 0 Å². The molecule has 0 amide bonds. The van der Waals surface area contributed by atoms with E-state index in [0.717, 1.165) is 18.4 Å². The highest BCUT2D eigenvalue weighted by atomic mass is 16.3. The predicted octanol–water partition coefficient (Wildman–Crippen LogP) is 2.27. The molecule has 3 heteroatoms. The number of hydrogen-bond acceptors (Lipinski definition) is 3. The number of aromatic hydroxyl groups is 1. The van der Waals surface area contributed by atoms with E-state index in [1.54, 1.807) is 6.07 Å². The molecular weight excluding hydrogens is 212 g/mol. The highest BCUT2D eigenvalue weighted by molar-refractivity contribution is 5.64. The third-order valence-corrected chi connectivity index (χ3v) is 3.44. The molecule has 94 valence electrons. The Kier molecular flexibility index (Phi) is 3.29. The number of nitrogens with zero attached hydrogens (tertiary/aromatic N) is 1. The first-order valence-corrected chi connectivity index (χ1v) is 6.35. The maximum Gasteiger partial charge on any atom is 0.120 e. The van der Waals surface area contributed by atoms with Gasteiger partial charge < -0.3 is 15.7 Å². The number of fused-ring (bicyclic) bond motifs is 1. The van der Waals surface area contributed by atoms with Crippen molar-refractivity contribution in [3.05, 3.63) is 23.8 Å². The summed E-state index contributed by atoms with van der Waals surface area (Å²) in [6.45, 7) is 6.42. The lowest BCUT2D eigenvalue weighted by atomic mass is 10.0. The molecule has 1 aliphatic rings. The predicted molar refractivity (Wildman–Crippen MR) is 71.5 cm³/mol. The minimum atomic E-state index is 0.192. The lowest BCUT2D eigenvalue weighted by Gasteiger charge is -2.32. The third kappa shape index (κ3) is 2.25. The Balaban J connectivity index is 2.34. The largest absolute Gasteiger partial charge is 0.508 e. The van der Waals surface area contributed by atoms with Crippen LogP contribution in [-0.2, 0) is 6.42 Å². The summed E-state index contributed by atoms with van der Waals surface area (Å²) in [5.41, 5.74) is 8.17. The second-order valence-corrected chi connectivity index (χ2v) is 5.35. The van der Waals surface area contributed by atoms with Crippen LogP contribution in [0.2, 0.25) is 0 Å². The van der Waals surface area contributed by atoms with Crippen LogP contribution < -0.4 is 10.6 Å². The van der Waals surface area contributed by atoms with Crippen molar-refractivity contribution in [2.24, 2.45) is 5.73 Å². The summed E-state index contributed by atoms with van der Waals surface area (Å²) >= 11 is 0. The van der Waals surface area contributed by atoms with Gasteiger partial charge in [-0.25, -0.2) is 0 Å². The van der Waals surface area contributed by atoms with Crippen molar-refractivity contribution in [2.75, 3.05) is 4.90 Å². The molecule has 3 N–H and O–H groups in total. The van der Waals surface area contributed by atoms with Crippen LogP contribution in [0.25, 0.3) is 0 Å². The Labute approximate surface area is 103 Å². The zero-order valence-corrected chi connectivity index (χ0v) is 10.9. The minimum Gasteiger partial charge on any atom is -0.508 e. The molecule has 0 radical (unpaired) electrons. The Bertz CT molecular complexity index is 401. The van der Waals surface area contributed by atoms with Gasteiger partial charge in [-0.15, -0.1) is 0 Å². The van der Waals surface area contributed by atoms with Gasteiger partial charge in [0.25, 0.3) is 0 Å². The van der Waals surface area contributed by atoms with Crippen LogP contribution in [-0.4, -0.2) is 23.2 Å². The molecule has 0 aliphatic carbocycles. The van der Waals surface area contributed by atoms with Crippen molar-refractivity contribution >= 4 is 5.69 Å². The van der Waals surface area contributed by atoms with Crippen molar-refractivity contribution in [1.82, 2.24) is 0 Å². The number of rotatable bonds is 3. The van der Waals surface area contributed by atoms with Gasteiger partial charge in [-0.2, -0.15) is 0 Å². The van der Waals surface area contributed by atoms with Gasteiger partial charge >= 0.3 is 0 Å². The summed E-state index contributed by atoms with van der Waals surface area (Å²) in [5, 5.41) is 9.92. The topological polar surface area (TPSA) is 49.5 Å². The zero-order valence-electron chi connectivity index (χ0n) is 10.9. The minimum absolute atomic E-state index is 0.192. The van der Waals surface area contributed by atoms with E-state index in [0.29, 0.717) is 17.8 Å². The number of hydrogen-bond donors (Lipinski definition) is 2. The van der Waals surface area contributed by atoms with Gasteiger partial charge in [-0.05, 0) is 45.7 Å². The average Bonchev–Trinajstić information content (AvgIpc) is 2.56. The fourth-order valence-corrected chi connectivity index (χ4v) is 2.87. The Morgan fingerprint density at radius 2 is 2.12 bits per heavy atom. The van der Waals surface area contributed by atoms with E-state index in [1.165, 1.54) is 5.69 Å². The first-order chi connectivity index (χ1) is 8.00. The third-order valence-electron chi connectivity index (χ3n) is 3.44. The fraction of sp³-hybridized carbons (Fsp3) is 0.571. The number of nitrogens with two attached hydrogens (primary N) is 1. The molecule has 1 aliphatic heterocycles. The summed E-state index contributed by atoms with van der Waals surface area (Å²) in [7, 11) is 0. The molecule has 0 saturated heterocycles. The Morgan fingerprint density at radius 3 is 2.71 bits per heavy atom. The van der Waals surface area contributed by atoms with E-state index < -0.39 is 0 Å². The molecule has 3 nitrogen and oxygen atoms in total. The highest BCUT2D eigenvalue weighted by Gasteiger charge is 2.32. The molecule has 17 heavy (non-hydrogen) atoms. The van der Waals surface area contributed by atoms with Crippen LogP contribution >= 0.6 is 0 Å². The van der Waals surface area contributed by atoms with E-state index in [-0.39, 0.29) is 6.04 Å². The van der Waals surface area contributed by atoms with E-state index in [2.05, 4.69) is 24.8 Å². The summed E-state index contributed by atoms with van der Waals surface area (Å²) < 4.78 is 0. The van der Waals surface area contributed by atoms with Crippen LogP contribution in [0, 0.1) is 0 Å². The lowest BCUT2D eigenvalue weighted by Crippen LogP contribution is -2.40. The molecule has 0 bridgehead atoms. The van der Waals surface area contributed by atoms with Crippen LogP contribution in [0.5, 0.6) is 5.75 Å². The smallest absolute Gasteiger partial charge is 0.120 e. The summed E-state index contributed by atoms with van der Waals surface area (Å²) in [6, 6.07) is 6.82. The van der Waals surface area contributed by atoms with Crippen LogP contribution in [0.15, 0.2) is 18.2 Å². The van der Waals surface area contributed by atoms with Gasteiger partial charge in [0.1, 0.15) is 5.75 Å². The van der Waals surface area contributed by atoms with Crippen molar-refractivity contribution in [1.29, 1.82) is 0 Å². The SMILES string of the molecule is CC(N)CC1Cc2c(O)cccc2N1C(C)C. The maximum atomic E-state index is 9.92. The molecule has 2 rings (SSSR count). The van der Waals surface area contributed by atoms with Crippen molar-refractivity contribution < 1.29 is 5.11 Å². The van der Waals surface area contributed by atoms with Gasteiger partial charge in [0.15, 0.2) is 0 Å². The van der Waals surface area contributed by atoms with Gasteiger partial charge in [0.05, 0.1) is 0 Å². The zero-order chi connectivity index (χ0) is 12.6. The van der Waals surface area contributed by atoms with Crippen molar-refractivity contribution in [3.63, 3.8) is 0 Å². The molecule has 0 saturated carbocycles. The second-order valence-electron chi connectivity index (χ2n) is 5.35. The van der Waals surface area contributed by atoms with E-state index in [4.69, 9.17) is 5.73 Å². The second kappa shape index (κ2) is 4.57. The van der Waals surface area contributed by atoms with Gasteiger partial charge in [0.2, 0.25) is 0 Å².